The Labute approximate surface area is 62.2 Å². The fourth-order valence-electron chi connectivity index (χ4n) is 0.473. The van der Waals surface area contributed by atoms with Crippen molar-refractivity contribution in [1.82, 2.24) is 15.2 Å². The molecule has 50 valence electrons. The largest absolute Gasteiger partial charge is 0.261 e. The minimum absolute atomic E-state index is 0.291. The summed E-state index contributed by atoms with van der Waals surface area (Å²) < 4.78 is 0. The molecule has 1 aromatic heterocycles. The van der Waals surface area contributed by atoms with Crippen LogP contribution in [0.3, 0.4) is 0 Å². The van der Waals surface area contributed by atoms with E-state index in [0.29, 0.717) is 5.28 Å². The van der Waals surface area contributed by atoms with E-state index in [1.807, 2.05) is 6.26 Å². The third kappa shape index (κ3) is 1.87. The molecule has 5 heteroatoms. The van der Waals surface area contributed by atoms with Gasteiger partial charge in [-0.2, -0.15) is 11.8 Å². The Kier molecular flexibility index (Phi) is 2.36. The van der Waals surface area contributed by atoms with Crippen LogP contribution in [0.2, 0.25) is 5.28 Å². The second-order valence-corrected chi connectivity index (χ2v) is 2.69. The van der Waals surface area contributed by atoms with E-state index >= 15 is 0 Å². The van der Waals surface area contributed by atoms with Crippen LogP contribution in [0.1, 0.15) is 5.82 Å². The minimum Gasteiger partial charge on any atom is -0.261 e. The van der Waals surface area contributed by atoms with Crippen LogP contribution in [-0.2, 0) is 5.75 Å². The van der Waals surface area contributed by atoms with Gasteiger partial charge in [-0.25, -0.2) is 4.98 Å². The number of aromatic nitrogens is 3. The summed E-state index contributed by atoms with van der Waals surface area (Å²) in [4.78, 5) is 3.88. The first kappa shape index (κ1) is 6.89. The molecular formula is C4H6ClN3S. The van der Waals surface area contributed by atoms with Gasteiger partial charge in [0, 0.05) is 0 Å². The zero-order valence-corrected chi connectivity index (χ0v) is 6.46. The molecule has 0 aliphatic heterocycles. The Balaban J connectivity index is 2.61. The number of nitrogens with one attached hydrogen (secondary N) is 1. The van der Waals surface area contributed by atoms with Crippen molar-refractivity contribution in [3.05, 3.63) is 11.1 Å². The lowest BCUT2D eigenvalue weighted by Crippen LogP contribution is -1.80. The molecule has 0 amide bonds. The molecule has 1 heterocycles. The number of thioether (sulfide) groups is 1. The van der Waals surface area contributed by atoms with Gasteiger partial charge in [-0.1, -0.05) is 0 Å². The zero-order chi connectivity index (χ0) is 6.69. The Morgan fingerprint density at radius 2 is 2.56 bits per heavy atom. The Hall–Kier alpha value is -0.220. The van der Waals surface area contributed by atoms with Gasteiger partial charge in [0.15, 0.2) is 0 Å². The van der Waals surface area contributed by atoms with Crippen molar-refractivity contribution >= 4 is 23.4 Å². The molecule has 0 unspecified atom stereocenters. The third-order valence-corrected chi connectivity index (χ3v) is 1.52. The van der Waals surface area contributed by atoms with E-state index in [1.54, 1.807) is 11.8 Å². The van der Waals surface area contributed by atoms with Crippen LogP contribution in [0.25, 0.3) is 0 Å². The Morgan fingerprint density at radius 3 is 3.00 bits per heavy atom. The molecule has 0 fully saturated rings. The SMILES string of the molecule is CSCc1nc(Cl)n[nH]1. The number of aromatic amines is 1. The van der Waals surface area contributed by atoms with Gasteiger partial charge in [0.25, 0.3) is 0 Å². The molecule has 0 saturated carbocycles. The number of nitrogens with zero attached hydrogens (tertiary/aromatic N) is 2. The summed E-state index contributed by atoms with van der Waals surface area (Å²) in [6.07, 6.45) is 2.00. The third-order valence-electron chi connectivity index (χ3n) is 0.785. The lowest BCUT2D eigenvalue weighted by molar-refractivity contribution is 1.03. The van der Waals surface area contributed by atoms with Crippen LogP contribution >= 0.6 is 23.4 Å². The van der Waals surface area contributed by atoms with Crippen molar-refractivity contribution in [2.24, 2.45) is 0 Å². The maximum Gasteiger partial charge on any atom is 0.242 e. The lowest BCUT2D eigenvalue weighted by atomic mass is 10.7. The standard InChI is InChI=1S/C4H6ClN3S/c1-9-2-3-6-4(5)8-7-3/h2H2,1H3,(H,6,7,8). The predicted molar refractivity (Wildman–Crippen MR) is 38.6 cm³/mol. The Morgan fingerprint density at radius 1 is 1.78 bits per heavy atom. The second kappa shape index (κ2) is 3.08. The second-order valence-electron chi connectivity index (χ2n) is 1.48. The molecule has 3 nitrogen and oxygen atoms in total. The molecule has 0 aliphatic rings. The molecule has 0 saturated heterocycles. The molecule has 0 spiro atoms. The summed E-state index contributed by atoms with van der Waals surface area (Å²) in [5.74, 6) is 1.66. The quantitative estimate of drug-likeness (QED) is 0.715. The molecule has 0 aromatic carbocycles. The van der Waals surface area contributed by atoms with Crippen LogP contribution < -0.4 is 0 Å². The van der Waals surface area contributed by atoms with Crippen molar-refractivity contribution in [1.29, 1.82) is 0 Å². The van der Waals surface area contributed by atoms with Gasteiger partial charge in [-0.05, 0) is 17.9 Å². The molecule has 0 atom stereocenters. The maximum absolute atomic E-state index is 5.43. The molecule has 0 aliphatic carbocycles. The van der Waals surface area contributed by atoms with Gasteiger partial charge < -0.3 is 0 Å². The number of halogens is 1. The summed E-state index contributed by atoms with van der Waals surface area (Å²) in [6.45, 7) is 0. The highest BCUT2D eigenvalue weighted by atomic mass is 35.5. The van der Waals surface area contributed by atoms with Crippen molar-refractivity contribution in [3.8, 4) is 0 Å². The topological polar surface area (TPSA) is 41.6 Å². The molecule has 1 aromatic rings. The fourth-order valence-corrected chi connectivity index (χ4v) is 1.02. The smallest absolute Gasteiger partial charge is 0.242 e. The minimum atomic E-state index is 0.291. The molecule has 1 N–H and O–H groups in total. The van der Waals surface area contributed by atoms with Gasteiger partial charge in [0.2, 0.25) is 5.28 Å². The summed E-state index contributed by atoms with van der Waals surface area (Å²) >= 11 is 7.11. The summed E-state index contributed by atoms with van der Waals surface area (Å²) in [5, 5.41) is 6.63. The van der Waals surface area contributed by atoms with E-state index in [9.17, 15) is 0 Å². The van der Waals surface area contributed by atoms with E-state index in [4.69, 9.17) is 11.6 Å². The molecular weight excluding hydrogens is 158 g/mol. The Bertz CT molecular complexity index is 188. The van der Waals surface area contributed by atoms with E-state index in [1.165, 1.54) is 0 Å². The zero-order valence-electron chi connectivity index (χ0n) is 4.89. The lowest BCUT2D eigenvalue weighted by Gasteiger charge is -1.84. The predicted octanol–water partition coefficient (Wildman–Crippen LogP) is 1.32. The first-order valence-corrected chi connectivity index (χ1v) is 4.16. The number of H-pyrrole nitrogens is 1. The normalized spacial score (nSPS) is 10.0. The molecule has 1 rings (SSSR count). The molecule has 0 bridgehead atoms. The monoisotopic (exact) mass is 163 g/mol. The average molecular weight is 164 g/mol. The van der Waals surface area contributed by atoms with Crippen LogP contribution in [-0.4, -0.2) is 21.4 Å². The van der Waals surface area contributed by atoms with Crippen LogP contribution in [0.4, 0.5) is 0 Å². The van der Waals surface area contributed by atoms with Gasteiger partial charge in [0.05, 0.1) is 5.75 Å². The van der Waals surface area contributed by atoms with Gasteiger partial charge in [0.1, 0.15) is 5.82 Å². The summed E-state index contributed by atoms with van der Waals surface area (Å²) in [6, 6.07) is 0. The number of rotatable bonds is 2. The first-order chi connectivity index (χ1) is 4.33. The van der Waals surface area contributed by atoms with Gasteiger partial charge >= 0.3 is 0 Å². The molecule has 9 heavy (non-hydrogen) atoms. The van der Waals surface area contributed by atoms with E-state index < -0.39 is 0 Å². The van der Waals surface area contributed by atoms with Crippen molar-refractivity contribution in [3.63, 3.8) is 0 Å². The fraction of sp³-hybridized carbons (Fsp3) is 0.500. The van der Waals surface area contributed by atoms with Gasteiger partial charge in [-0.15, -0.1) is 5.10 Å². The summed E-state index contributed by atoms with van der Waals surface area (Å²) in [7, 11) is 0. The van der Waals surface area contributed by atoms with Crippen LogP contribution in [0, 0.1) is 0 Å². The highest BCUT2D eigenvalue weighted by Gasteiger charge is 1.96. The summed E-state index contributed by atoms with van der Waals surface area (Å²) in [5.41, 5.74) is 0. The van der Waals surface area contributed by atoms with Gasteiger partial charge in [-0.3, -0.25) is 5.10 Å². The van der Waals surface area contributed by atoms with Crippen LogP contribution in [0.5, 0.6) is 0 Å². The maximum atomic E-state index is 5.43. The number of hydrogen-bond acceptors (Lipinski definition) is 3. The highest BCUT2D eigenvalue weighted by Crippen LogP contribution is 2.05. The first-order valence-electron chi connectivity index (χ1n) is 2.38. The van der Waals surface area contributed by atoms with Crippen molar-refractivity contribution in [2.75, 3.05) is 6.26 Å². The van der Waals surface area contributed by atoms with Crippen molar-refractivity contribution in [2.45, 2.75) is 5.75 Å². The van der Waals surface area contributed by atoms with Crippen molar-refractivity contribution < 1.29 is 0 Å². The van der Waals surface area contributed by atoms with E-state index in [0.717, 1.165) is 11.6 Å². The van der Waals surface area contributed by atoms with E-state index in [-0.39, 0.29) is 0 Å². The van der Waals surface area contributed by atoms with E-state index in [2.05, 4.69) is 15.2 Å². The average Bonchev–Trinajstić information content (AvgIpc) is 2.17. The number of hydrogen-bond donors (Lipinski definition) is 1. The molecule has 0 radical (unpaired) electrons. The van der Waals surface area contributed by atoms with Crippen LogP contribution in [0.15, 0.2) is 0 Å². The highest BCUT2D eigenvalue weighted by molar-refractivity contribution is 7.97.